The molecule has 1 aromatic heterocycles. The largest absolute Gasteiger partial charge is 0.453 e. The van der Waals surface area contributed by atoms with Gasteiger partial charge in [-0.05, 0) is 35.7 Å². The number of benzene rings is 2. The molecule has 9 heteroatoms. The van der Waals surface area contributed by atoms with Crippen LogP contribution in [0.5, 0.6) is 5.75 Å². The lowest BCUT2D eigenvalue weighted by Gasteiger charge is -2.09. The maximum atomic E-state index is 12.5. The van der Waals surface area contributed by atoms with Gasteiger partial charge < -0.3 is 13.9 Å². The maximum Gasteiger partial charge on any atom is 0.413 e. The van der Waals surface area contributed by atoms with Crippen molar-refractivity contribution in [3.63, 3.8) is 0 Å². The van der Waals surface area contributed by atoms with E-state index in [1.54, 1.807) is 18.2 Å². The third-order valence-electron chi connectivity index (χ3n) is 3.90. The number of carbonyl (C=O) groups excluding carboxylic acids is 1. The van der Waals surface area contributed by atoms with Gasteiger partial charge in [0.2, 0.25) is 5.95 Å². The summed E-state index contributed by atoms with van der Waals surface area (Å²) in [5.74, 6) is 0.602. The zero-order valence-corrected chi connectivity index (χ0v) is 15.8. The monoisotopic (exact) mass is 389 g/mol. The van der Waals surface area contributed by atoms with Gasteiger partial charge in [0.15, 0.2) is 0 Å². The van der Waals surface area contributed by atoms with Crippen LogP contribution in [0.1, 0.15) is 25.3 Å². The van der Waals surface area contributed by atoms with Gasteiger partial charge in [-0.1, -0.05) is 26.0 Å². The molecule has 2 aromatic carbocycles. The number of H-pyrrole nitrogens is 1. The van der Waals surface area contributed by atoms with E-state index < -0.39 is 16.2 Å². The second kappa shape index (κ2) is 7.28. The highest BCUT2D eigenvalue weighted by atomic mass is 32.2. The van der Waals surface area contributed by atoms with Gasteiger partial charge in [-0.3, -0.25) is 5.32 Å². The van der Waals surface area contributed by atoms with Crippen molar-refractivity contribution in [1.82, 2.24) is 9.97 Å². The van der Waals surface area contributed by atoms with Crippen molar-refractivity contribution < 1.29 is 22.1 Å². The first-order valence-electron chi connectivity index (χ1n) is 8.17. The molecular formula is C18H19N3O5S. The Labute approximate surface area is 156 Å². The molecule has 0 unspecified atom stereocenters. The number of fused-ring (bicyclic) bond motifs is 1. The number of anilines is 1. The molecule has 2 N–H and O–H groups in total. The molecule has 0 radical (unpaired) electrons. The van der Waals surface area contributed by atoms with E-state index in [-0.39, 0.29) is 16.6 Å². The zero-order chi connectivity index (χ0) is 19.6. The van der Waals surface area contributed by atoms with Gasteiger partial charge in [0.05, 0.1) is 18.1 Å². The van der Waals surface area contributed by atoms with Crippen LogP contribution in [-0.4, -0.2) is 31.6 Å². The minimum Gasteiger partial charge on any atom is -0.453 e. The van der Waals surface area contributed by atoms with E-state index in [0.29, 0.717) is 17.0 Å². The molecule has 27 heavy (non-hydrogen) atoms. The quantitative estimate of drug-likeness (QED) is 0.645. The van der Waals surface area contributed by atoms with Crippen molar-refractivity contribution in [2.24, 2.45) is 0 Å². The molecule has 0 bridgehead atoms. The summed E-state index contributed by atoms with van der Waals surface area (Å²) >= 11 is 0. The van der Waals surface area contributed by atoms with Crippen LogP contribution in [0, 0.1) is 0 Å². The molecule has 1 heterocycles. The lowest BCUT2D eigenvalue weighted by atomic mass is 10.0. The van der Waals surface area contributed by atoms with Crippen LogP contribution in [0.15, 0.2) is 47.4 Å². The number of ether oxygens (including phenoxy) is 1. The maximum absolute atomic E-state index is 12.5. The Bertz CT molecular complexity index is 1070. The first kappa shape index (κ1) is 18.7. The molecule has 0 saturated heterocycles. The first-order valence-corrected chi connectivity index (χ1v) is 9.58. The molecule has 8 nitrogen and oxygen atoms in total. The Hall–Kier alpha value is -3.07. The van der Waals surface area contributed by atoms with Crippen molar-refractivity contribution in [3.05, 3.63) is 48.0 Å². The third kappa shape index (κ3) is 4.20. The Morgan fingerprint density at radius 2 is 1.85 bits per heavy atom. The van der Waals surface area contributed by atoms with Crippen LogP contribution in [0.4, 0.5) is 10.7 Å². The molecule has 3 aromatic rings. The number of methoxy groups -OCH3 is 1. The summed E-state index contributed by atoms with van der Waals surface area (Å²) in [5.41, 5.74) is 2.08. The van der Waals surface area contributed by atoms with Gasteiger partial charge in [0.1, 0.15) is 10.6 Å². The summed E-state index contributed by atoms with van der Waals surface area (Å²) in [6.07, 6.45) is -0.669. The summed E-state index contributed by atoms with van der Waals surface area (Å²) in [6, 6.07) is 11.2. The van der Waals surface area contributed by atoms with E-state index >= 15 is 0 Å². The summed E-state index contributed by atoms with van der Waals surface area (Å²) < 4.78 is 34.7. The molecule has 0 spiro atoms. The van der Waals surface area contributed by atoms with Gasteiger partial charge in [0, 0.05) is 6.07 Å². The summed E-state index contributed by atoms with van der Waals surface area (Å²) in [6.45, 7) is 4.06. The van der Waals surface area contributed by atoms with Crippen LogP contribution >= 0.6 is 0 Å². The molecule has 0 saturated carbocycles. The van der Waals surface area contributed by atoms with Crippen LogP contribution < -0.4 is 9.50 Å². The SMILES string of the molecule is COC(=O)Nc1nc2cc(OS(=O)(=O)c3ccc(C(C)C)cc3)ccc2[nH]1. The van der Waals surface area contributed by atoms with Gasteiger partial charge in [-0.2, -0.15) is 8.42 Å². The van der Waals surface area contributed by atoms with E-state index in [9.17, 15) is 13.2 Å². The fourth-order valence-electron chi connectivity index (χ4n) is 2.44. The second-order valence-electron chi connectivity index (χ2n) is 6.14. The second-order valence-corrected chi connectivity index (χ2v) is 7.69. The molecule has 142 valence electrons. The third-order valence-corrected chi connectivity index (χ3v) is 5.16. The highest BCUT2D eigenvalue weighted by molar-refractivity contribution is 7.87. The average Bonchev–Trinajstić information content (AvgIpc) is 3.02. The van der Waals surface area contributed by atoms with Crippen LogP contribution in [0.3, 0.4) is 0 Å². The minimum atomic E-state index is -3.97. The Morgan fingerprint density at radius 3 is 2.48 bits per heavy atom. The highest BCUT2D eigenvalue weighted by Crippen LogP contribution is 2.25. The Balaban J connectivity index is 1.83. The van der Waals surface area contributed by atoms with Crippen LogP contribution in [-0.2, 0) is 14.9 Å². The molecule has 1 amide bonds. The molecule has 0 aliphatic heterocycles. The zero-order valence-electron chi connectivity index (χ0n) is 15.0. The van der Waals surface area contributed by atoms with Crippen LogP contribution in [0.2, 0.25) is 0 Å². The number of carbonyl (C=O) groups is 1. The van der Waals surface area contributed by atoms with Crippen molar-refractivity contribution in [2.75, 3.05) is 12.4 Å². The van der Waals surface area contributed by atoms with Crippen molar-refractivity contribution in [1.29, 1.82) is 0 Å². The number of aromatic nitrogens is 2. The number of imidazole rings is 1. The molecule has 0 aliphatic rings. The highest BCUT2D eigenvalue weighted by Gasteiger charge is 2.18. The lowest BCUT2D eigenvalue weighted by Crippen LogP contribution is -2.11. The fourth-order valence-corrected chi connectivity index (χ4v) is 3.36. The number of nitrogens with one attached hydrogen (secondary N) is 2. The van der Waals surface area contributed by atoms with E-state index in [0.717, 1.165) is 5.56 Å². The first-order chi connectivity index (χ1) is 12.8. The number of hydrogen-bond acceptors (Lipinski definition) is 6. The van der Waals surface area contributed by atoms with Gasteiger partial charge in [-0.25, -0.2) is 9.78 Å². The van der Waals surface area contributed by atoms with Gasteiger partial charge >= 0.3 is 16.2 Å². The van der Waals surface area contributed by atoms with E-state index in [1.165, 1.54) is 31.4 Å². The summed E-state index contributed by atoms with van der Waals surface area (Å²) in [7, 11) is -2.73. The van der Waals surface area contributed by atoms with E-state index in [4.69, 9.17) is 4.18 Å². The number of nitrogens with zero attached hydrogens (tertiary/aromatic N) is 1. The van der Waals surface area contributed by atoms with Crippen molar-refractivity contribution in [3.8, 4) is 5.75 Å². The molecule has 3 rings (SSSR count). The summed E-state index contributed by atoms with van der Waals surface area (Å²) in [5, 5.41) is 2.40. The number of rotatable bonds is 5. The topological polar surface area (TPSA) is 110 Å². The molecule has 0 fully saturated rings. The minimum absolute atomic E-state index is 0.0714. The lowest BCUT2D eigenvalue weighted by molar-refractivity contribution is 0.186. The average molecular weight is 389 g/mol. The van der Waals surface area contributed by atoms with Crippen molar-refractivity contribution in [2.45, 2.75) is 24.7 Å². The summed E-state index contributed by atoms with van der Waals surface area (Å²) in [4.78, 5) is 18.3. The number of aromatic amines is 1. The standard InChI is InChI=1S/C18H19N3O5S/c1-11(2)12-4-7-14(8-5-12)27(23,24)26-13-6-9-15-16(10-13)20-17(19-15)21-18(22)25-3/h4-11H,1-3H3,(H2,19,20,21,22). The predicted octanol–water partition coefficient (Wildman–Crippen LogP) is 3.63. The van der Waals surface area contributed by atoms with Crippen molar-refractivity contribution >= 4 is 33.2 Å². The Kier molecular flexibility index (Phi) is 5.04. The molecule has 0 atom stereocenters. The van der Waals surface area contributed by atoms with E-state index in [1.807, 2.05) is 13.8 Å². The fraction of sp³-hybridized carbons (Fsp3) is 0.222. The normalized spacial score (nSPS) is 11.6. The Morgan fingerprint density at radius 1 is 1.15 bits per heavy atom. The smallest absolute Gasteiger partial charge is 0.413 e. The number of amides is 1. The molecular weight excluding hydrogens is 370 g/mol. The van der Waals surface area contributed by atoms with Crippen LogP contribution in [0.25, 0.3) is 11.0 Å². The molecule has 0 aliphatic carbocycles. The predicted molar refractivity (Wildman–Crippen MR) is 100 cm³/mol. The van der Waals surface area contributed by atoms with E-state index in [2.05, 4.69) is 20.0 Å². The van der Waals surface area contributed by atoms with Gasteiger partial charge in [-0.15, -0.1) is 0 Å². The number of hydrogen-bond donors (Lipinski definition) is 2. The van der Waals surface area contributed by atoms with Gasteiger partial charge in [0.25, 0.3) is 0 Å².